The summed E-state index contributed by atoms with van der Waals surface area (Å²) in [4.78, 5) is 13.8. The Labute approximate surface area is 176 Å². The van der Waals surface area contributed by atoms with E-state index in [-0.39, 0.29) is 0 Å². The Morgan fingerprint density at radius 2 is 1.93 bits per heavy atom. The summed E-state index contributed by atoms with van der Waals surface area (Å²) in [5.41, 5.74) is 6.14. The summed E-state index contributed by atoms with van der Waals surface area (Å²) >= 11 is 0. The largest absolute Gasteiger partial charge is 0.489 e. The van der Waals surface area contributed by atoms with Crippen LogP contribution in [0.3, 0.4) is 0 Å². The van der Waals surface area contributed by atoms with Crippen molar-refractivity contribution in [3.05, 3.63) is 47.5 Å². The van der Waals surface area contributed by atoms with Crippen LogP contribution < -0.4 is 9.64 Å². The number of aromatic nitrogens is 1. The predicted molar refractivity (Wildman–Crippen MR) is 120 cm³/mol. The average Bonchev–Trinajstić information content (AvgIpc) is 2.95. The molecule has 5 heteroatoms. The summed E-state index contributed by atoms with van der Waals surface area (Å²) in [5.74, 6) is 0.550. The summed E-state index contributed by atoms with van der Waals surface area (Å²) in [6.07, 6.45) is 6.20. The summed E-state index contributed by atoms with van der Waals surface area (Å²) < 4.78 is 8.57. The van der Waals surface area contributed by atoms with E-state index in [0.29, 0.717) is 24.6 Å². The Bertz CT molecular complexity index is 1120. The molecule has 5 nitrogen and oxygen atoms in total. The molecule has 1 N–H and O–H groups in total. The smallest absolute Gasteiger partial charge is 0.335 e. The van der Waals surface area contributed by atoms with Crippen LogP contribution in [-0.2, 0) is 6.54 Å². The zero-order valence-corrected chi connectivity index (χ0v) is 17.6. The lowest BCUT2D eigenvalue weighted by atomic mass is 9.81. The minimum absolute atomic E-state index is 0.338. The van der Waals surface area contributed by atoms with Crippen molar-refractivity contribution in [3.8, 4) is 17.0 Å². The molecule has 2 aliphatic rings. The third-order valence-corrected chi connectivity index (χ3v) is 6.66. The van der Waals surface area contributed by atoms with Gasteiger partial charge in [0.2, 0.25) is 0 Å². The van der Waals surface area contributed by atoms with E-state index in [1.807, 2.05) is 26.2 Å². The van der Waals surface area contributed by atoms with Gasteiger partial charge in [-0.15, -0.1) is 0 Å². The number of benzene rings is 2. The van der Waals surface area contributed by atoms with Gasteiger partial charge in [-0.1, -0.05) is 31.4 Å². The Kier molecular flexibility index (Phi) is 4.69. The molecule has 156 valence electrons. The van der Waals surface area contributed by atoms with Crippen LogP contribution >= 0.6 is 0 Å². The van der Waals surface area contributed by atoms with Crippen LogP contribution in [0.4, 0.5) is 5.69 Å². The van der Waals surface area contributed by atoms with Gasteiger partial charge >= 0.3 is 5.97 Å². The molecule has 0 saturated heterocycles. The fourth-order valence-electron chi connectivity index (χ4n) is 5.29. The second-order valence-corrected chi connectivity index (χ2v) is 8.68. The highest BCUT2D eigenvalue weighted by Gasteiger charge is 2.30. The average molecular weight is 405 g/mol. The molecule has 2 aromatic carbocycles. The Morgan fingerprint density at radius 3 is 2.67 bits per heavy atom. The minimum atomic E-state index is -0.883. The fourth-order valence-corrected chi connectivity index (χ4v) is 5.29. The molecule has 1 aliphatic carbocycles. The van der Waals surface area contributed by atoms with E-state index in [4.69, 9.17) is 4.74 Å². The maximum atomic E-state index is 11.7. The molecule has 5 rings (SSSR count). The van der Waals surface area contributed by atoms with Gasteiger partial charge in [-0.05, 0) is 48.6 Å². The number of hydrogen-bond donors (Lipinski definition) is 1. The molecule has 2 heterocycles. The van der Waals surface area contributed by atoms with Crippen LogP contribution in [0.25, 0.3) is 22.2 Å². The van der Waals surface area contributed by atoms with Gasteiger partial charge in [0.1, 0.15) is 6.61 Å². The second-order valence-electron chi connectivity index (χ2n) is 8.68. The standard InChI is InChI=1S/C25H28N2O3/c1-26(2)20-10-6-9-19-23-22(16-7-4-3-5-8-16)18-12-11-17(25(28)29)15-21(18)27(23)13-14-30-24(19)20/h6,9-12,15-16H,3-5,7-8,13-14H2,1-2H3,(H,28,29). The summed E-state index contributed by atoms with van der Waals surface area (Å²) in [6, 6.07) is 12.0. The Hall–Kier alpha value is -2.95. The molecule has 1 aliphatic heterocycles. The van der Waals surface area contributed by atoms with Gasteiger partial charge in [0.15, 0.2) is 5.75 Å². The third-order valence-electron chi connectivity index (χ3n) is 6.66. The number of carbonyl (C=O) groups is 1. The molecule has 0 radical (unpaired) electrons. The molecule has 1 fully saturated rings. The van der Waals surface area contributed by atoms with Crippen LogP contribution in [0.2, 0.25) is 0 Å². The van der Waals surface area contributed by atoms with Crippen molar-refractivity contribution in [2.75, 3.05) is 25.6 Å². The highest BCUT2D eigenvalue weighted by Crippen LogP contribution is 2.49. The van der Waals surface area contributed by atoms with Crippen LogP contribution in [0.5, 0.6) is 5.75 Å². The zero-order valence-electron chi connectivity index (χ0n) is 17.6. The van der Waals surface area contributed by atoms with Gasteiger partial charge in [-0.3, -0.25) is 0 Å². The van der Waals surface area contributed by atoms with Crippen molar-refractivity contribution in [1.82, 2.24) is 4.57 Å². The number of fused-ring (bicyclic) bond motifs is 5. The lowest BCUT2D eigenvalue weighted by Gasteiger charge is -2.24. The van der Waals surface area contributed by atoms with Crippen LogP contribution in [-0.4, -0.2) is 36.3 Å². The SMILES string of the molecule is CN(C)c1cccc2c1OCCn1c-2c(C2CCCCC2)c2ccc(C(=O)O)cc21. The normalized spacial score (nSPS) is 16.5. The molecule has 0 bridgehead atoms. The maximum Gasteiger partial charge on any atom is 0.335 e. The highest BCUT2D eigenvalue weighted by atomic mass is 16.5. The summed E-state index contributed by atoms with van der Waals surface area (Å²) in [7, 11) is 4.08. The van der Waals surface area contributed by atoms with E-state index in [0.717, 1.165) is 22.5 Å². The van der Waals surface area contributed by atoms with Crippen molar-refractivity contribution in [3.63, 3.8) is 0 Å². The lowest BCUT2D eigenvalue weighted by molar-refractivity contribution is 0.0697. The van der Waals surface area contributed by atoms with E-state index in [9.17, 15) is 9.90 Å². The second kappa shape index (κ2) is 7.38. The van der Waals surface area contributed by atoms with E-state index in [1.165, 1.54) is 48.7 Å². The van der Waals surface area contributed by atoms with Gasteiger partial charge in [0.05, 0.1) is 23.5 Å². The van der Waals surface area contributed by atoms with Gasteiger partial charge in [-0.2, -0.15) is 0 Å². The van der Waals surface area contributed by atoms with Crippen molar-refractivity contribution in [1.29, 1.82) is 0 Å². The van der Waals surface area contributed by atoms with Crippen molar-refractivity contribution in [2.45, 2.75) is 44.6 Å². The van der Waals surface area contributed by atoms with Crippen molar-refractivity contribution < 1.29 is 14.6 Å². The van der Waals surface area contributed by atoms with E-state index in [2.05, 4.69) is 27.7 Å². The fraction of sp³-hybridized carbons (Fsp3) is 0.400. The van der Waals surface area contributed by atoms with Gasteiger partial charge < -0.3 is 19.3 Å². The highest BCUT2D eigenvalue weighted by molar-refractivity contribution is 5.99. The monoisotopic (exact) mass is 404 g/mol. The first-order chi connectivity index (χ1) is 14.6. The van der Waals surface area contributed by atoms with E-state index in [1.54, 1.807) is 6.07 Å². The van der Waals surface area contributed by atoms with Crippen molar-refractivity contribution >= 4 is 22.6 Å². The number of para-hydroxylation sites is 1. The Morgan fingerprint density at radius 1 is 1.13 bits per heavy atom. The Balaban J connectivity index is 1.84. The van der Waals surface area contributed by atoms with Crippen LogP contribution in [0, 0.1) is 0 Å². The first kappa shape index (κ1) is 19.0. The number of hydrogen-bond acceptors (Lipinski definition) is 3. The molecule has 0 spiro atoms. The van der Waals surface area contributed by atoms with Gasteiger partial charge in [0.25, 0.3) is 0 Å². The predicted octanol–water partition coefficient (Wildman–Crippen LogP) is 5.51. The molecule has 0 atom stereocenters. The van der Waals surface area contributed by atoms with Crippen molar-refractivity contribution in [2.24, 2.45) is 0 Å². The van der Waals surface area contributed by atoms with Crippen LogP contribution in [0.15, 0.2) is 36.4 Å². The van der Waals surface area contributed by atoms with E-state index < -0.39 is 5.97 Å². The molecular weight excluding hydrogens is 376 g/mol. The molecular formula is C25H28N2O3. The molecule has 3 aromatic rings. The third kappa shape index (κ3) is 2.95. The molecule has 30 heavy (non-hydrogen) atoms. The number of rotatable bonds is 3. The van der Waals surface area contributed by atoms with Gasteiger partial charge in [-0.25, -0.2) is 4.79 Å². The maximum absolute atomic E-state index is 11.7. The van der Waals surface area contributed by atoms with Crippen LogP contribution in [0.1, 0.15) is 53.9 Å². The molecule has 0 unspecified atom stereocenters. The number of carboxylic acids is 1. The first-order valence-electron chi connectivity index (χ1n) is 10.9. The quantitative estimate of drug-likeness (QED) is 0.625. The summed E-state index contributed by atoms with van der Waals surface area (Å²) in [5, 5.41) is 10.8. The first-order valence-corrected chi connectivity index (χ1v) is 10.9. The molecule has 0 amide bonds. The summed E-state index contributed by atoms with van der Waals surface area (Å²) in [6.45, 7) is 1.28. The number of nitrogens with zero attached hydrogens (tertiary/aromatic N) is 2. The number of carboxylic acid groups (broad SMARTS) is 1. The topological polar surface area (TPSA) is 54.7 Å². The number of ether oxygens (including phenoxy) is 1. The number of aromatic carboxylic acids is 1. The van der Waals surface area contributed by atoms with Gasteiger partial charge in [0, 0.05) is 30.6 Å². The van der Waals surface area contributed by atoms with E-state index >= 15 is 0 Å². The minimum Gasteiger partial charge on any atom is -0.489 e. The molecule has 1 saturated carbocycles. The number of anilines is 1. The lowest BCUT2D eigenvalue weighted by Crippen LogP contribution is -2.11. The molecule has 1 aromatic heterocycles. The zero-order chi connectivity index (χ0) is 20.8.